The Morgan fingerprint density at radius 3 is 2.12 bits per heavy atom. The summed E-state index contributed by atoms with van der Waals surface area (Å²) >= 11 is 0. The van der Waals surface area contributed by atoms with E-state index >= 15 is 0 Å². The van der Waals surface area contributed by atoms with E-state index in [4.69, 9.17) is 14.6 Å². The van der Waals surface area contributed by atoms with Crippen molar-refractivity contribution in [3.63, 3.8) is 0 Å². The Morgan fingerprint density at radius 2 is 1.42 bits per heavy atom. The van der Waals surface area contributed by atoms with Crippen molar-refractivity contribution in [3.8, 4) is 11.5 Å². The van der Waals surface area contributed by atoms with E-state index in [2.05, 4.69) is 0 Å². The largest absolute Gasteiger partial charge is 0.494 e. The lowest BCUT2D eigenvalue weighted by molar-refractivity contribution is -0.136. The zero-order chi connectivity index (χ0) is 17.0. The van der Waals surface area contributed by atoms with Crippen molar-refractivity contribution in [1.82, 2.24) is 0 Å². The van der Waals surface area contributed by atoms with Gasteiger partial charge in [-0.25, -0.2) is 0 Å². The molecule has 0 radical (unpaired) electrons. The molecule has 0 heterocycles. The number of carboxylic acid groups (broad SMARTS) is 1. The molecule has 2 aromatic carbocycles. The van der Waals surface area contributed by atoms with Crippen molar-refractivity contribution in [1.29, 1.82) is 0 Å². The molecule has 0 bridgehead atoms. The first-order valence-corrected chi connectivity index (χ1v) is 8.36. The van der Waals surface area contributed by atoms with E-state index in [-0.39, 0.29) is 6.42 Å². The van der Waals surface area contributed by atoms with E-state index in [1.165, 1.54) is 0 Å². The van der Waals surface area contributed by atoms with Crippen molar-refractivity contribution in [2.24, 2.45) is 0 Å². The molecule has 0 spiro atoms. The molecule has 0 aliphatic rings. The number of aliphatic carboxylic acids is 1. The van der Waals surface area contributed by atoms with Crippen molar-refractivity contribution in [2.75, 3.05) is 13.2 Å². The van der Waals surface area contributed by atoms with E-state index in [0.29, 0.717) is 12.4 Å². The van der Waals surface area contributed by atoms with Gasteiger partial charge in [-0.05, 0) is 43.9 Å². The van der Waals surface area contributed by atoms with E-state index in [1.54, 1.807) is 6.07 Å². The Kier molecular flexibility index (Phi) is 7.68. The normalized spacial score (nSPS) is 10.3. The average Bonchev–Trinajstić information content (AvgIpc) is 2.59. The molecule has 2 aromatic rings. The summed E-state index contributed by atoms with van der Waals surface area (Å²) in [5.41, 5.74) is 0.723. The van der Waals surface area contributed by atoms with E-state index in [1.807, 2.05) is 48.5 Å². The number of ether oxygens (including phenoxy) is 2. The van der Waals surface area contributed by atoms with Gasteiger partial charge in [0.05, 0.1) is 19.6 Å². The van der Waals surface area contributed by atoms with Crippen LogP contribution in [0.3, 0.4) is 0 Å². The Hall–Kier alpha value is -2.49. The third-order valence-corrected chi connectivity index (χ3v) is 3.62. The van der Waals surface area contributed by atoms with Crippen LogP contribution in [-0.2, 0) is 11.2 Å². The van der Waals surface area contributed by atoms with Gasteiger partial charge in [-0.2, -0.15) is 0 Å². The second kappa shape index (κ2) is 10.3. The van der Waals surface area contributed by atoms with Crippen molar-refractivity contribution in [3.05, 3.63) is 60.2 Å². The number of unbranched alkanes of at least 4 members (excludes halogenated alkanes) is 3. The number of carbonyl (C=O) groups is 1. The molecule has 0 atom stereocenters. The van der Waals surface area contributed by atoms with Crippen LogP contribution >= 0.6 is 0 Å². The number of hydrogen-bond donors (Lipinski definition) is 1. The second-order valence-corrected chi connectivity index (χ2v) is 5.60. The number of rotatable bonds is 11. The maximum Gasteiger partial charge on any atom is 0.307 e. The first-order chi connectivity index (χ1) is 11.8. The molecule has 24 heavy (non-hydrogen) atoms. The van der Waals surface area contributed by atoms with Gasteiger partial charge in [0.15, 0.2) is 0 Å². The summed E-state index contributed by atoms with van der Waals surface area (Å²) in [6, 6.07) is 17.1. The quantitative estimate of drug-likeness (QED) is 0.624. The molecular weight excluding hydrogens is 304 g/mol. The SMILES string of the molecule is O=C(O)Cc1ccccc1OCCCCCCOc1ccccc1. The van der Waals surface area contributed by atoms with Gasteiger partial charge in [-0.1, -0.05) is 36.4 Å². The van der Waals surface area contributed by atoms with Gasteiger partial charge in [0.25, 0.3) is 0 Å². The zero-order valence-corrected chi connectivity index (χ0v) is 13.8. The predicted molar refractivity (Wildman–Crippen MR) is 93.7 cm³/mol. The van der Waals surface area contributed by atoms with Crippen molar-refractivity contribution >= 4 is 5.97 Å². The predicted octanol–water partition coefficient (Wildman–Crippen LogP) is 4.33. The van der Waals surface area contributed by atoms with Crippen LogP contribution in [0.5, 0.6) is 11.5 Å². The van der Waals surface area contributed by atoms with Crippen molar-refractivity contribution in [2.45, 2.75) is 32.1 Å². The molecule has 2 rings (SSSR count). The van der Waals surface area contributed by atoms with Crippen LogP contribution in [0.25, 0.3) is 0 Å². The van der Waals surface area contributed by atoms with Crippen LogP contribution < -0.4 is 9.47 Å². The molecule has 4 nitrogen and oxygen atoms in total. The summed E-state index contributed by atoms with van der Waals surface area (Å²) in [5, 5.41) is 8.90. The molecule has 0 aromatic heterocycles. The van der Waals surface area contributed by atoms with Crippen LogP contribution in [-0.4, -0.2) is 24.3 Å². The maximum atomic E-state index is 10.8. The molecular formula is C20H24O4. The third kappa shape index (κ3) is 6.73. The fourth-order valence-electron chi connectivity index (χ4n) is 2.40. The Balaban J connectivity index is 1.56. The average molecular weight is 328 g/mol. The summed E-state index contributed by atoms with van der Waals surface area (Å²) in [6.07, 6.45) is 4.12. The highest BCUT2D eigenvalue weighted by Gasteiger charge is 2.06. The molecule has 0 amide bonds. The lowest BCUT2D eigenvalue weighted by Crippen LogP contribution is -2.05. The van der Waals surface area contributed by atoms with Gasteiger partial charge in [0.1, 0.15) is 11.5 Å². The fourth-order valence-corrected chi connectivity index (χ4v) is 2.40. The van der Waals surface area contributed by atoms with Crippen LogP contribution in [0.1, 0.15) is 31.2 Å². The molecule has 0 saturated carbocycles. The minimum atomic E-state index is -0.843. The lowest BCUT2D eigenvalue weighted by Gasteiger charge is -2.10. The van der Waals surface area contributed by atoms with Gasteiger partial charge >= 0.3 is 5.97 Å². The lowest BCUT2D eigenvalue weighted by atomic mass is 10.1. The van der Waals surface area contributed by atoms with Gasteiger partial charge in [-0.15, -0.1) is 0 Å². The van der Waals surface area contributed by atoms with Crippen LogP contribution in [0, 0.1) is 0 Å². The first kappa shape index (κ1) is 17.9. The highest BCUT2D eigenvalue weighted by atomic mass is 16.5. The number of benzene rings is 2. The minimum absolute atomic E-state index is 0.00695. The molecule has 0 fully saturated rings. The highest BCUT2D eigenvalue weighted by Crippen LogP contribution is 2.19. The van der Waals surface area contributed by atoms with Crippen molar-refractivity contribution < 1.29 is 19.4 Å². The molecule has 0 unspecified atom stereocenters. The van der Waals surface area contributed by atoms with Gasteiger partial charge < -0.3 is 14.6 Å². The molecule has 0 aliphatic heterocycles. The second-order valence-electron chi connectivity index (χ2n) is 5.60. The summed E-state index contributed by atoms with van der Waals surface area (Å²) in [6.45, 7) is 1.34. The van der Waals surface area contributed by atoms with E-state index in [9.17, 15) is 4.79 Å². The highest BCUT2D eigenvalue weighted by molar-refractivity contribution is 5.71. The maximum absolute atomic E-state index is 10.8. The topological polar surface area (TPSA) is 55.8 Å². The molecule has 128 valence electrons. The molecule has 0 saturated heterocycles. The Bertz CT molecular complexity index is 610. The van der Waals surface area contributed by atoms with Crippen LogP contribution in [0.15, 0.2) is 54.6 Å². The van der Waals surface area contributed by atoms with E-state index < -0.39 is 5.97 Å². The zero-order valence-electron chi connectivity index (χ0n) is 13.8. The van der Waals surface area contributed by atoms with Crippen LogP contribution in [0.4, 0.5) is 0 Å². The minimum Gasteiger partial charge on any atom is -0.494 e. The third-order valence-electron chi connectivity index (χ3n) is 3.62. The Labute approximate surface area is 143 Å². The Morgan fingerprint density at radius 1 is 0.792 bits per heavy atom. The van der Waals surface area contributed by atoms with Gasteiger partial charge in [0.2, 0.25) is 0 Å². The standard InChI is InChI=1S/C20H24O4/c21-20(22)16-17-10-6-7-13-19(17)24-15-9-2-1-8-14-23-18-11-4-3-5-12-18/h3-7,10-13H,1-2,8-9,14-16H2,(H,21,22). The summed E-state index contributed by atoms with van der Waals surface area (Å²) in [5.74, 6) is 0.743. The molecule has 1 N–H and O–H groups in total. The molecule has 4 heteroatoms. The van der Waals surface area contributed by atoms with Crippen LogP contribution in [0.2, 0.25) is 0 Å². The van der Waals surface area contributed by atoms with E-state index in [0.717, 1.165) is 43.6 Å². The monoisotopic (exact) mass is 328 g/mol. The van der Waals surface area contributed by atoms with Gasteiger partial charge in [0, 0.05) is 5.56 Å². The fraction of sp³-hybridized carbons (Fsp3) is 0.350. The molecule has 0 aliphatic carbocycles. The smallest absolute Gasteiger partial charge is 0.307 e. The summed E-state index contributed by atoms with van der Waals surface area (Å²) in [7, 11) is 0. The summed E-state index contributed by atoms with van der Waals surface area (Å²) < 4.78 is 11.4. The number of para-hydroxylation sites is 2. The first-order valence-electron chi connectivity index (χ1n) is 8.36. The van der Waals surface area contributed by atoms with Gasteiger partial charge in [-0.3, -0.25) is 4.79 Å². The number of carboxylic acids is 1. The number of hydrogen-bond acceptors (Lipinski definition) is 3. The summed E-state index contributed by atoms with van der Waals surface area (Å²) in [4.78, 5) is 10.8.